The van der Waals surface area contributed by atoms with E-state index in [-0.39, 0.29) is 18.1 Å². The van der Waals surface area contributed by atoms with Gasteiger partial charge in [-0.05, 0) is 39.0 Å². The van der Waals surface area contributed by atoms with Crippen molar-refractivity contribution in [2.24, 2.45) is 0 Å². The Kier molecular flexibility index (Phi) is 4.05. The van der Waals surface area contributed by atoms with Crippen LogP contribution in [0.5, 0.6) is 0 Å². The van der Waals surface area contributed by atoms with Crippen molar-refractivity contribution in [3.05, 3.63) is 0 Å². The number of nitrogens with one attached hydrogen (secondary N) is 1. The molecule has 4 nitrogen and oxygen atoms in total. The Hall–Kier alpha value is -0.610. The summed E-state index contributed by atoms with van der Waals surface area (Å²) in [7, 11) is 0. The van der Waals surface area contributed by atoms with Gasteiger partial charge >= 0.3 is 0 Å². The van der Waals surface area contributed by atoms with E-state index in [1.807, 2.05) is 6.92 Å². The summed E-state index contributed by atoms with van der Waals surface area (Å²) in [6.07, 6.45) is 4.75. The highest BCUT2D eigenvalue weighted by molar-refractivity contribution is 5.81. The Balaban J connectivity index is 1.96. The smallest absolute Gasteiger partial charge is 0.237 e. The van der Waals surface area contributed by atoms with Crippen molar-refractivity contribution in [3.8, 4) is 0 Å². The Morgan fingerprint density at radius 2 is 2.00 bits per heavy atom. The number of aliphatic hydroxyl groups is 1. The summed E-state index contributed by atoms with van der Waals surface area (Å²) < 4.78 is 0. The number of hydrogen-bond donors (Lipinski definition) is 2. The molecule has 0 saturated carbocycles. The summed E-state index contributed by atoms with van der Waals surface area (Å²) in [5.74, 6) is 0.139. The van der Waals surface area contributed by atoms with Crippen LogP contribution in [0.3, 0.4) is 0 Å². The highest BCUT2D eigenvalue weighted by atomic mass is 16.3. The van der Waals surface area contributed by atoms with Gasteiger partial charge in [-0.2, -0.15) is 0 Å². The van der Waals surface area contributed by atoms with E-state index in [9.17, 15) is 9.90 Å². The van der Waals surface area contributed by atoms with Crippen LogP contribution in [0.4, 0.5) is 0 Å². The molecule has 2 fully saturated rings. The molecule has 0 aliphatic carbocycles. The van der Waals surface area contributed by atoms with Crippen LogP contribution >= 0.6 is 0 Å². The number of rotatable bonds is 4. The SMILES string of the molecule is CCCNC(=O)C(C)N1C2CCC1CC(O)C2. The molecular formula is C13H24N2O2. The molecule has 2 aliphatic heterocycles. The van der Waals surface area contributed by atoms with Gasteiger partial charge in [0.15, 0.2) is 0 Å². The average Bonchev–Trinajstić information content (AvgIpc) is 2.57. The van der Waals surface area contributed by atoms with Crippen LogP contribution in [-0.2, 0) is 4.79 Å². The lowest BCUT2D eigenvalue weighted by atomic mass is 9.98. The second-order valence-corrected chi connectivity index (χ2v) is 5.42. The highest BCUT2D eigenvalue weighted by Crippen LogP contribution is 2.37. The Morgan fingerprint density at radius 1 is 1.41 bits per heavy atom. The van der Waals surface area contributed by atoms with E-state index in [0.717, 1.165) is 38.6 Å². The lowest BCUT2D eigenvalue weighted by Gasteiger charge is -2.40. The summed E-state index contributed by atoms with van der Waals surface area (Å²) in [5, 5.41) is 12.7. The van der Waals surface area contributed by atoms with Crippen LogP contribution < -0.4 is 5.32 Å². The second kappa shape index (κ2) is 5.36. The first-order chi connectivity index (χ1) is 8.13. The highest BCUT2D eigenvalue weighted by Gasteiger charge is 2.43. The van der Waals surface area contributed by atoms with Crippen LogP contribution in [0.1, 0.15) is 46.0 Å². The van der Waals surface area contributed by atoms with Gasteiger partial charge in [-0.1, -0.05) is 6.92 Å². The number of amides is 1. The van der Waals surface area contributed by atoms with E-state index in [2.05, 4.69) is 17.1 Å². The van der Waals surface area contributed by atoms with E-state index in [0.29, 0.717) is 12.1 Å². The Morgan fingerprint density at radius 3 is 2.53 bits per heavy atom. The minimum atomic E-state index is -0.158. The maximum absolute atomic E-state index is 12.0. The fourth-order valence-electron chi connectivity index (χ4n) is 3.35. The number of carbonyl (C=O) groups is 1. The van der Waals surface area contributed by atoms with Crippen LogP contribution in [-0.4, -0.2) is 46.7 Å². The number of hydrogen-bond acceptors (Lipinski definition) is 3. The van der Waals surface area contributed by atoms with Crippen molar-refractivity contribution in [1.29, 1.82) is 0 Å². The average molecular weight is 240 g/mol. The number of carbonyl (C=O) groups excluding carboxylic acids is 1. The van der Waals surface area contributed by atoms with Gasteiger partial charge in [-0.3, -0.25) is 9.69 Å². The predicted octanol–water partition coefficient (Wildman–Crippen LogP) is 0.889. The van der Waals surface area contributed by atoms with Crippen molar-refractivity contribution in [3.63, 3.8) is 0 Å². The van der Waals surface area contributed by atoms with Gasteiger partial charge in [0.1, 0.15) is 0 Å². The van der Waals surface area contributed by atoms with Gasteiger partial charge in [0.2, 0.25) is 5.91 Å². The normalized spacial score (nSPS) is 34.6. The molecule has 4 heteroatoms. The minimum Gasteiger partial charge on any atom is -0.393 e. The standard InChI is InChI=1S/C13H24N2O2/c1-3-6-14-13(17)9(2)15-10-4-5-11(15)8-12(16)7-10/h9-12,16H,3-8H2,1-2H3,(H,14,17). The number of aliphatic hydroxyl groups excluding tert-OH is 1. The van der Waals surface area contributed by atoms with Gasteiger partial charge in [0, 0.05) is 18.6 Å². The maximum Gasteiger partial charge on any atom is 0.237 e. The molecular weight excluding hydrogens is 216 g/mol. The van der Waals surface area contributed by atoms with Gasteiger partial charge in [0.05, 0.1) is 12.1 Å². The molecule has 1 amide bonds. The van der Waals surface area contributed by atoms with Gasteiger partial charge < -0.3 is 10.4 Å². The van der Waals surface area contributed by atoms with Crippen molar-refractivity contribution < 1.29 is 9.90 Å². The Labute approximate surface area is 103 Å². The molecule has 17 heavy (non-hydrogen) atoms. The largest absolute Gasteiger partial charge is 0.393 e. The first-order valence-electron chi connectivity index (χ1n) is 6.86. The molecule has 0 spiro atoms. The minimum absolute atomic E-state index is 0.0495. The van der Waals surface area contributed by atoms with Crippen molar-refractivity contribution >= 4 is 5.91 Å². The number of nitrogens with zero attached hydrogens (tertiary/aromatic N) is 1. The number of fused-ring (bicyclic) bond motifs is 2. The molecule has 3 atom stereocenters. The molecule has 2 heterocycles. The lowest BCUT2D eigenvalue weighted by Crippen LogP contribution is -2.54. The van der Waals surface area contributed by atoms with Crippen molar-refractivity contribution in [1.82, 2.24) is 10.2 Å². The zero-order valence-corrected chi connectivity index (χ0v) is 10.9. The third-order valence-corrected chi connectivity index (χ3v) is 4.14. The zero-order valence-electron chi connectivity index (χ0n) is 10.9. The monoisotopic (exact) mass is 240 g/mol. The fourth-order valence-corrected chi connectivity index (χ4v) is 3.35. The van der Waals surface area contributed by atoms with E-state index in [1.165, 1.54) is 0 Å². The lowest BCUT2D eigenvalue weighted by molar-refractivity contribution is -0.128. The van der Waals surface area contributed by atoms with E-state index < -0.39 is 0 Å². The molecule has 2 rings (SSSR count). The van der Waals surface area contributed by atoms with Crippen molar-refractivity contribution in [2.75, 3.05) is 6.54 Å². The van der Waals surface area contributed by atoms with Crippen LogP contribution in [0, 0.1) is 0 Å². The molecule has 0 aromatic carbocycles. The molecule has 3 unspecified atom stereocenters. The zero-order chi connectivity index (χ0) is 12.4. The first-order valence-corrected chi connectivity index (χ1v) is 6.86. The predicted molar refractivity (Wildman–Crippen MR) is 66.7 cm³/mol. The van der Waals surface area contributed by atoms with E-state index in [1.54, 1.807) is 0 Å². The van der Waals surface area contributed by atoms with Gasteiger partial charge in [-0.25, -0.2) is 0 Å². The molecule has 0 aromatic heterocycles. The summed E-state index contributed by atoms with van der Waals surface area (Å²) >= 11 is 0. The summed E-state index contributed by atoms with van der Waals surface area (Å²) in [6.45, 7) is 4.81. The molecule has 0 radical (unpaired) electrons. The summed E-state index contributed by atoms with van der Waals surface area (Å²) in [5.41, 5.74) is 0. The van der Waals surface area contributed by atoms with Crippen LogP contribution in [0.15, 0.2) is 0 Å². The van der Waals surface area contributed by atoms with E-state index in [4.69, 9.17) is 0 Å². The molecule has 2 saturated heterocycles. The molecule has 0 aromatic rings. The summed E-state index contributed by atoms with van der Waals surface area (Å²) in [6, 6.07) is 0.767. The van der Waals surface area contributed by atoms with Crippen LogP contribution in [0.2, 0.25) is 0 Å². The molecule has 2 N–H and O–H groups in total. The summed E-state index contributed by atoms with van der Waals surface area (Å²) in [4.78, 5) is 14.3. The topological polar surface area (TPSA) is 52.6 Å². The first kappa shape index (κ1) is 12.8. The number of piperidine rings is 1. The second-order valence-electron chi connectivity index (χ2n) is 5.42. The van der Waals surface area contributed by atoms with E-state index >= 15 is 0 Å². The fraction of sp³-hybridized carbons (Fsp3) is 0.923. The third-order valence-electron chi connectivity index (χ3n) is 4.14. The van der Waals surface area contributed by atoms with Gasteiger partial charge in [0.25, 0.3) is 0 Å². The quantitative estimate of drug-likeness (QED) is 0.767. The third kappa shape index (κ3) is 2.63. The van der Waals surface area contributed by atoms with Gasteiger partial charge in [-0.15, -0.1) is 0 Å². The Bertz CT molecular complexity index is 269. The molecule has 2 aliphatic rings. The van der Waals surface area contributed by atoms with Crippen LogP contribution in [0.25, 0.3) is 0 Å². The molecule has 2 bridgehead atoms. The van der Waals surface area contributed by atoms with Crippen molar-refractivity contribution in [2.45, 2.75) is 70.2 Å². The molecule has 98 valence electrons. The maximum atomic E-state index is 12.0.